The number of nitrogens with one attached hydrogen (secondary N) is 1. The molecule has 0 saturated carbocycles. The number of aromatic amines is 1. The third kappa shape index (κ3) is 3.47. The molecule has 3 heterocycles. The lowest BCUT2D eigenvalue weighted by Gasteiger charge is -2.25. The number of para-hydroxylation sites is 1. The molecule has 3 heteroatoms. The number of hydrogen-bond acceptors (Lipinski definition) is 2. The minimum absolute atomic E-state index is 1.11. The summed E-state index contributed by atoms with van der Waals surface area (Å²) in [5.74, 6) is 0. The van der Waals surface area contributed by atoms with Crippen molar-refractivity contribution in [2.24, 2.45) is 0 Å². The first-order valence-corrected chi connectivity index (χ1v) is 9.78. The maximum Gasteiger partial charge on any atom is 0.0456 e. The van der Waals surface area contributed by atoms with Crippen LogP contribution in [0.3, 0.4) is 0 Å². The predicted molar refractivity (Wildman–Crippen MR) is 105 cm³/mol. The number of nitrogens with zero attached hydrogens (tertiary/aromatic N) is 1. The van der Waals surface area contributed by atoms with Crippen LogP contribution in [0.4, 0.5) is 0 Å². The number of thiophene rings is 1. The number of aromatic nitrogens is 1. The molecular formula is C21H24N2S. The molecule has 0 amide bonds. The molecular weight excluding hydrogens is 312 g/mol. The third-order valence-corrected chi connectivity index (χ3v) is 5.92. The standard InChI is InChI=1S/C21H24N2S/c1-2-8-20-19(7-1)18(16-22-20)6-3-4-12-23-13-10-17(11-14-23)21-9-5-15-24-21/h1-2,5,7-10,15-16,22H,3-4,6,11-14H2. The summed E-state index contributed by atoms with van der Waals surface area (Å²) in [4.78, 5) is 7.42. The Bertz CT molecular complexity index is 813. The molecule has 0 spiro atoms. The van der Waals surface area contributed by atoms with Crippen LogP contribution >= 0.6 is 11.3 Å². The van der Waals surface area contributed by atoms with Gasteiger partial charge in [-0.3, -0.25) is 4.90 Å². The zero-order chi connectivity index (χ0) is 16.2. The number of H-pyrrole nitrogens is 1. The van der Waals surface area contributed by atoms with Crippen molar-refractivity contribution in [3.63, 3.8) is 0 Å². The van der Waals surface area contributed by atoms with Crippen LogP contribution in [0.5, 0.6) is 0 Å². The van der Waals surface area contributed by atoms with Crippen LogP contribution in [0.2, 0.25) is 0 Å². The van der Waals surface area contributed by atoms with Crippen molar-refractivity contribution in [3.05, 3.63) is 64.5 Å². The maximum absolute atomic E-state index is 3.38. The first-order chi connectivity index (χ1) is 11.9. The number of unbranched alkanes of at least 4 members (excludes halogenated alkanes) is 1. The van der Waals surface area contributed by atoms with E-state index in [-0.39, 0.29) is 0 Å². The lowest BCUT2D eigenvalue weighted by molar-refractivity contribution is 0.295. The molecule has 3 aromatic rings. The van der Waals surface area contributed by atoms with Crippen LogP contribution < -0.4 is 0 Å². The Hall–Kier alpha value is -1.84. The molecule has 124 valence electrons. The predicted octanol–water partition coefficient (Wildman–Crippen LogP) is 5.34. The van der Waals surface area contributed by atoms with Crippen molar-refractivity contribution < 1.29 is 0 Å². The molecule has 0 aliphatic carbocycles. The highest BCUT2D eigenvalue weighted by Crippen LogP contribution is 2.26. The Morgan fingerprint density at radius 2 is 2.04 bits per heavy atom. The SMILES string of the molecule is C1=C(c2cccs2)CCN(CCCCc2c[nH]c3ccccc23)C1. The highest BCUT2D eigenvalue weighted by atomic mass is 32.1. The fraction of sp³-hybridized carbons (Fsp3) is 0.333. The Morgan fingerprint density at radius 3 is 2.88 bits per heavy atom. The number of hydrogen-bond donors (Lipinski definition) is 1. The largest absolute Gasteiger partial charge is 0.361 e. The fourth-order valence-corrected chi connectivity index (χ4v) is 4.39. The van der Waals surface area contributed by atoms with Crippen LogP contribution in [0, 0.1) is 0 Å². The lowest BCUT2D eigenvalue weighted by atomic mass is 10.0. The molecule has 2 aromatic heterocycles. The number of benzene rings is 1. The lowest BCUT2D eigenvalue weighted by Crippen LogP contribution is -2.29. The molecule has 1 aliphatic heterocycles. The summed E-state index contributed by atoms with van der Waals surface area (Å²) in [5, 5.41) is 3.56. The molecule has 0 unspecified atom stereocenters. The molecule has 0 bridgehead atoms. The second-order valence-electron chi connectivity index (χ2n) is 6.57. The van der Waals surface area contributed by atoms with Gasteiger partial charge in [0, 0.05) is 35.1 Å². The van der Waals surface area contributed by atoms with Crippen molar-refractivity contribution in [2.45, 2.75) is 25.7 Å². The van der Waals surface area contributed by atoms with Gasteiger partial charge in [-0.05, 0) is 60.9 Å². The second-order valence-corrected chi connectivity index (χ2v) is 7.52. The summed E-state index contributed by atoms with van der Waals surface area (Å²) in [6.07, 6.45) is 9.52. The fourth-order valence-electron chi connectivity index (χ4n) is 3.59. The number of rotatable bonds is 6. The Kier molecular flexibility index (Phi) is 4.81. The highest BCUT2D eigenvalue weighted by Gasteiger charge is 2.13. The summed E-state index contributed by atoms with van der Waals surface area (Å²) >= 11 is 1.86. The van der Waals surface area contributed by atoms with Gasteiger partial charge in [0.15, 0.2) is 0 Å². The van der Waals surface area contributed by atoms with Crippen molar-refractivity contribution in [2.75, 3.05) is 19.6 Å². The van der Waals surface area contributed by atoms with Gasteiger partial charge in [-0.2, -0.15) is 0 Å². The van der Waals surface area contributed by atoms with Gasteiger partial charge in [0.2, 0.25) is 0 Å². The van der Waals surface area contributed by atoms with E-state index >= 15 is 0 Å². The average Bonchev–Trinajstić information content (AvgIpc) is 3.30. The minimum Gasteiger partial charge on any atom is -0.361 e. The Labute approximate surface area is 147 Å². The van der Waals surface area contributed by atoms with Crippen LogP contribution in [-0.4, -0.2) is 29.5 Å². The molecule has 0 atom stereocenters. The van der Waals surface area contributed by atoms with E-state index < -0.39 is 0 Å². The molecule has 4 rings (SSSR count). The summed E-state index contributed by atoms with van der Waals surface area (Å²) in [6.45, 7) is 3.54. The van der Waals surface area contributed by atoms with Crippen molar-refractivity contribution in [1.29, 1.82) is 0 Å². The van der Waals surface area contributed by atoms with Gasteiger partial charge >= 0.3 is 0 Å². The van der Waals surface area contributed by atoms with E-state index in [1.165, 1.54) is 60.1 Å². The summed E-state index contributed by atoms with van der Waals surface area (Å²) in [7, 11) is 0. The van der Waals surface area contributed by atoms with Gasteiger partial charge in [0.05, 0.1) is 0 Å². The van der Waals surface area contributed by atoms with E-state index in [0.717, 1.165) is 6.54 Å². The quantitative estimate of drug-likeness (QED) is 0.602. The van der Waals surface area contributed by atoms with E-state index in [1.807, 2.05) is 11.3 Å². The Balaban J connectivity index is 1.24. The van der Waals surface area contributed by atoms with E-state index in [4.69, 9.17) is 0 Å². The van der Waals surface area contributed by atoms with Gasteiger partial charge in [0.1, 0.15) is 0 Å². The first kappa shape index (κ1) is 15.7. The third-order valence-electron chi connectivity index (χ3n) is 4.98. The normalized spacial score (nSPS) is 15.8. The van der Waals surface area contributed by atoms with Gasteiger partial charge in [-0.1, -0.05) is 30.3 Å². The van der Waals surface area contributed by atoms with Crippen molar-refractivity contribution >= 4 is 27.8 Å². The highest BCUT2D eigenvalue weighted by molar-refractivity contribution is 7.11. The van der Waals surface area contributed by atoms with E-state index in [2.05, 4.69) is 63.9 Å². The Morgan fingerprint density at radius 1 is 1.08 bits per heavy atom. The van der Waals surface area contributed by atoms with Crippen LogP contribution in [0.25, 0.3) is 16.5 Å². The smallest absolute Gasteiger partial charge is 0.0456 e. The minimum atomic E-state index is 1.11. The number of aryl methyl sites for hydroxylation is 1. The zero-order valence-electron chi connectivity index (χ0n) is 14.0. The summed E-state index contributed by atoms with van der Waals surface area (Å²) in [5.41, 5.74) is 4.26. The molecule has 0 radical (unpaired) electrons. The molecule has 1 N–H and O–H groups in total. The molecule has 24 heavy (non-hydrogen) atoms. The molecule has 0 saturated heterocycles. The van der Waals surface area contributed by atoms with Gasteiger partial charge in [-0.15, -0.1) is 11.3 Å². The summed E-state index contributed by atoms with van der Waals surface area (Å²) < 4.78 is 0. The average molecular weight is 337 g/mol. The second kappa shape index (κ2) is 7.37. The van der Waals surface area contributed by atoms with Crippen LogP contribution in [-0.2, 0) is 6.42 Å². The van der Waals surface area contributed by atoms with Crippen LogP contribution in [0.15, 0.2) is 54.1 Å². The van der Waals surface area contributed by atoms with Gasteiger partial charge in [-0.25, -0.2) is 0 Å². The first-order valence-electron chi connectivity index (χ1n) is 8.90. The monoisotopic (exact) mass is 336 g/mol. The molecule has 0 fully saturated rings. The van der Waals surface area contributed by atoms with E-state index in [9.17, 15) is 0 Å². The number of fused-ring (bicyclic) bond motifs is 1. The molecule has 2 nitrogen and oxygen atoms in total. The maximum atomic E-state index is 3.38. The van der Waals surface area contributed by atoms with Crippen molar-refractivity contribution in [1.82, 2.24) is 9.88 Å². The van der Waals surface area contributed by atoms with Gasteiger partial charge < -0.3 is 4.98 Å². The van der Waals surface area contributed by atoms with E-state index in [0.29, 0.717) is 0 Å². The van der Waals surface area contributed by atoms with Crippen molar-refractivity contribution in [3.8, 4) is 0 Å². The van der Waals surface area contributed by atoms with Gasteiger partial charge in [0.25, 0.3) is 0 Å². The zero-order valence-corrected chi connectivity index (χ0v) is 14.8. The molecule has 1 aromatic carbocycles. The molecule has 1 aliphatic rings. The van der Waals surface area contributed by atoms with Crippen LogP contribution in [0.1, 0.15) is 29.7 Å². The topological polar surface area (TPSA) is 19.0 Å². The summed E-state index contributed by atoms with van der Waals surface area (Å²) in [6, 6.07) is 13.0. The van der Waals surface area contributed by atoms with E-state index in [1.54, 1.807) is 5.57 Å².